The maximum atomic E-state index is 10.3. The predicted octanol–water partition coefficient (Wildman–Crippen LogP) is 3.74. The summed E-state index contributed by atoms with van der Waals surface area (Å²) in [7, 11) is 0. The van der Waals surface area contributed by atoms with Crippen molar-refractivity contribution in [2.45, 2.75) is 25.3 Å². The molecule has 6 heteroatoms. The number of piperazine rings is 1. The molecule has 0 radical (unpaired) electrons. The van der Waals surface area contributed by atoms with Crippen molar-refractivity contribution in [2.24, 2.45) is 5.92 Å². The summed E-state index contributed by atoms with van der Waals surface area (Å²) in [6, 6.07) is 6.31. The number of benzene rings is 1. The molecule has 1 atom stereocenters. The van der Waals surface area contributed by atoms with Crippen molar-refractivity contribution in [3.8, 4) is 5.75 Å². The van der Waals surface area contributed by atoms with E-state index in [2.05, 4.69) is 32.2 Å². The zero-order valence-corrected chi connectivity index (χ0v) is 15.1. The van der Waals surface area contributed by atoms with E-state index in [-0.39, 0.29) is 24.8 Å². The SMILES string of the molecule is Cl.Cl.Oc1cc(Br)ccc1[C@H](CC1CC1)N1CCNCC1. The van der Waals surface area contributed by atoms with Crippen molar-refractivity contribution < 1.29 is 5.11 Å². The molecule has 2 N–H and O–H groups in total. The molecular weight excluding hydrogens is 375 g/mol. The first kappa shape index (κ1) is 19.0. The van der Waals surface area contributed by atoms with Crippen LogP contribution in [-0.4, -0.2) is 36.2 Å². The summed E-state index contributed by atoms with van der Waals surface area (Å²) in [5.41, 5.74) is 1.09. The lowest BCUT2D eigenvalue weighted by Gasteiger charge is -2.35. The van der Waals surface area contributed by atoms with Gasteiger partial charge in [-0.2, -0.15) is 0 Å². The summed E-state index contributed by atoms with van der Waals surface area (Å²) in [5, 5.41) is 13.7. The van der Waals surface area contributed by atoms with Gasteiger partial charge in [-0.15, -0.1) is 24.8 Å². The second kappa shape index (κ2) is 8.59. The molecule has 1 saturated carbocycles. The molecular formula is C15H23BrCl2N2O. The minimum Gasteiger partial charge on any atom is -0.508 e. The largest absolute Gasteiger partial charge is 0.508 e. The zero-order valence-electron chi connectivity index (χ0n) is 11.9. The molecule has 21 heavy (non-hydrogen) atoms. The number of halogens is 3. The Balaban J connectivity index is 0.00000110. The Kier molecular flexibility index (Phi) is 7.79. The van der Waals surface area contributed by atoms with Gasteiger partial charge in [-0.05, 0) is 24.5 Å². The molecule has 0 bridgehead atoms. The average molecular weight is 398 g/mol. The molecule has 120 valence electrons. The number of rotatable bonds is 4. The van der Waals surface area contributed by atoms with E-state index in [1.807, 2.05) is 12.1 Å². The lowest BCUT2D eigenvalue weighted by Crippen LogP contribution is -2.45. The van der Waals surface area contributed by atoms with Crippen LogP contribution in [0.1, 0.15) is 30.9 Å². The highest BCUT2D eigenvalue weighted by molar-refractivity contribution is 9.10. The number of hydrogen-bond acceptors (Lipinski definition) is 3. The lowest BCUT2D eigenvalue weighted by molar-refractivity contribution is 0.158. The highest BCUT2D eigenvalue weighted by Crippen LogP contribution is 2.42. The number of nitrogens with one attached hydrogen (secondary N) is 1. The summed E-state index contributed by atoms with van der Waals surface area (Å²) in [6.07, 6.45) is 3.91. The molecule has 3 nitrogen and oxygen atoms in total. The molecule has 1 heterocycles. The van der Waals surface area contributed by atoms with Gasteiger partial charge in [0.15, 0.2) is 0 Å². The summed E-state index contributed by atoms with van der Waals surface area (Å²) < 4.78 is 0.944. The van der Waals surface area contributed by atoms with Crippen LogP contribution < -0.4 is 5.32 Å². The van der Waals surface area contributed by atoms with E-state index in [9.17, 15) is 5.11 Å². The quantitative estimate of drug-likeness (QED) is 0.812. The van der Waals surface area contributed by atoms with E-state index in [1.165, 1.54) is 19.3 Å². The number of phenolic OH excluding ortho intramolecular Hbond substituents is 1. The summed E-state index contributed by atoms with van der Waals surface area (Å²) in [4.78, 5) is 2.53. The van der Waals surface area contributed by atoms with Gasteiger partial charge in [0.25, 0.3) is 0 Å². The minimum absolute atomic E-state index is 0. The highest BCUT2D eigenvalue weighted by Gasteiger charge is 2.31. The molecule has 1 saturated heterocycles. The van der Waals surface area contributed by atoms with Gasteiger partial charge >= 0.3 is 0 Å². The van der Waals surface area contributed by atoms with Crippen LogP contribution in [0.5, 0.6) is 5.75 Å². The summed E-state index contributed by atoms with van der Waals surface area (Å²) in [6.45, 7) is 4.26. The van der Waals surface area contributed by atoms with Gasteiger partial charge in [-0.1, -0.05) is 34.8 Å². The van der Waals surface area contributed by atoms with E-state index in [0.29, 0.717) is 11.8 Å². The molecule has 0 aromatic heterocycles. The molecule has 1 aliphatic heterocycles. The molecule has 2 fully saturated rings. The third-order valence-corrected chi connectivity index (χ3v) is 4.69. The maximum absolute atomic E-state index is 10.3. The van der Waals surface area contributed by atoms with Gasteiger partial charge in [0.05, 0.1) is 0 Å². The van der Waals surface area contributed by atoms with Gasteiger partial charge in [-0.3, -0.25) is 4.90 Å². The predicted molar refractivity (Wildman–Crippen MR) is 94.8 cm³/mol. The highest BCUT2D eigenvalue weighted by atomic mass is 79.9. The Bertz CT molecular complexity index is 451. The van der Waals surface area contributed by atoms with Gasteiger partial charge < -0.3 is 10.4 Å². The first-order valence-electron chi connectivity index (χ1n) is 7.17. The van der Waals surface area contributed by atoms with Crippen LogP contribution in [0.25, 0.3) is 0 Å². The Morgan fingerprint density at radius 3 is 2.48 bits per heavy atom. The van der Waals surface area contributed by atoms with Gasteiger partial charge in [-0.25, -0.2) is 0 Å². The number of nitrogens with zero attached hydrogens (tertiary/aromatic N) is 1. The first-order valence-corrected chi connectivity index (χ1v) is 7.96. The molecule has 1 aromatic rings. The van der Waals surface area contributed by atoms with Crippen molar-refractivity contribution in [1.29, 1.82) is 0 Å². The van der Waals surface area contributed by atoms with E-state index in [0.717, 1.165) is 42.1 Å². The fraction of sp³-hybridized carbons (Fsp3) is 0.600. The fourth-order valence-electron chi connectivity index (χ4n) is 2.93. The van der Waals surface area contributed by atoms with Crippen LogP contribution in [0.2, 0.25) is 0 Å². The van der Waals surface area contributed by atoms with Gasteiger partial charge in [0, 0.05) is 42.3 Å². The van der Waals surface area contributed by atoms with Gasteiger partial charge in [0.1, 0.15) is 5.75 Å². The molecule has 1 aromatic carbocycles. The van der Waals surface area contributed by atoms with Crippen molar-refractivity contribution >= 4 is 40.7 Å². The van der Waals surface area contributed by atoms with Crippen LogP contribution in [0.4, 0.5) is 0 Å². The Hall–Kier alpha value is -0.0000000000000000971. The van der Waals surface area contributed by atoms with Crippen molar-refractivity contribution in [3.05, 3.63) is 28.2 Å². The summed E-state index contributed by atoms with van der Waals surface area (Å²) in [5.74, 6) is 1.29. The third kappa shape index (κ3) is 5.00. The van der Waals surface area contributed by atoms with Crippen LogP contribution in [-0.2, 0) is 0 Å². The number of phenols is 1. The van der Waals surface area contributed by atoms with E-state index in [4.69, 9.17) is 0 Å². The van der Waals surface area contributed by atoms with Crippen LogP contribution in [0.15, 0.2) is 22.7 Å². The minimum atomic E-state index is 0. The second-order valence-corrected chi connectivity index (χ2v) is 6.60. The Morgan fingerprint density at radius 2 is 1.90 bits per heavy atom. The second-order valence-electron chi connectivity index (χ2n) is 5.68. The maximum Gasteiger partial charge on any atom is 0.121 e. The molecule has 0 spiro atoms. The zero-order chi connectivity index (χ0) is 13.2. The van der Waals surface area contributed by atoms with Crippen molar-refractivity contribution in [2.75, 3.05) is 26.2 Å². The first-order chi connectivity index (χ1) is 9.24. The van der Waals surface area contributed by atoms with Crippen molar-refractivity contribution in [1.82, 2.24) is 10.2 Å². The fourth-order valence-corrected chi connectivity index (χ4v) is 3.28. The summed E-state index contributed by atoms with van der Waals surface area (Å²) >= 11 is 3.42. The van der Waals surface area contributed by atoms with Crippen LogP contribution in [0.3, 0.4) is 0 Å². The smallest absolute Gasteiger partial charge is 0.121 e. The van der Waals surface area contributed by atoms with Crippen LogP contribution in [0, 0.1) is 5.92 Å². The average Bonchev–Trinajstić information content (AvgIpc) is 3.22. The Morgan fingerprint density at radius 1 is 1.24 bits per heavy atom. The number of aromatic hydroxyl groups is 1. The molecule has 0 amide bonds. The van der Waals surface area contributed by atoms with E-state index >= 15 is 0 Å². The van der Waals surface area contributed by atoms with Crippen molar-refractivity contribution in [3.63, 3.8) is 0 Å². The van der Waals surface area contributed by atoms with Crippen LogP contribution >= 0.6 is 40.7 Å². The number of hydrogen-bond donors (Lipinski definition) is 2. The molecule has 3 rings (SSSR count). The normalized spacial score (nSPS) is 20.2. The Labute approximate surface area is 147 Å². The molecule has 1 aliphatic carbocycles. The van der Waals surface area contributed by atoms with Gasteiger partial charge in [0.2, 0.25) is 0 Å². The van der Waals surface area contributed by atoms with E-state index < -0.39 is 0 Å². The third-order valence-electron chi connectivity index (χ3n) is 4.20. The molecule has 2 aliphatic rings. The monoisotopic (exact) mass is 396 g/mol. The molecule has 0 unspecified atom stereocenters. The van der Waals surface area contributed by atoms with E-state index in [1.54, 1.807) is 0 Å². The standard InChI is InChI=1S/C15H21BrN2O.2ClH/c16-12-3-4-13(15(19)10-12)14(9-11-1-2-11)18-7-5-17-6-8-18;;/h3-4,10-11,14,17,19H,1-2,5-9H2;2*1H/t14-;;/m0../s1. The topological polar surface area (TPSA) is 35.5 Å². The lowest BCUT2D eigenvalue weighted by atomic mass is 9.98.